The molecule has 2 amide bonds. The molecule has 0 unspecified atom stereocenters. The summed E-state index contributed by atoms with van der Waals surface area (Å²) in [6.07, 6.45) is 3.29. The molecule has 37 heavy (non-hydrogen) atoms. The fourth-order valence-corrected chi connectivity index (χ4v) is 5.21. The Balaban J connectivity index is 1.49. The van der Waals surface area contributed by atoms with Gasteiger partial charge in [-0.2, -0.15) is 4.31 Å². The lowest BCUT2D eigenvalue weighted by atomic mass is 10.2. The van der Waals surface area contributed by atoms with Crippen LogP contribution in [0, 0.1) is 5.82 Å². The predicted octanol–water partition coefficient (Wildman–Crippen LogP) is 5.70. The molecule has 0 saturated carbocycles. The molecule has 1 heterocycles. The Morgan fingerprint density at radius 2 is 1.38 bits per heavy atom. The number of nitrogens with zero attached hydrogens (tertiary/aromatic N) is 2. The molecule has 0 spiro atoms. The summed E-state index contributed by atoms with van der Waals surface area (Å²) in [7, 11) is -3.92. The van der Waals surface area contributed by atoms with Gasteiger partial charge in [0.1, 0.15) is 5.82 Å². The third-order valence-electron chi connectivity index (χ3n) is 5.50. The van der Waals surface area contributed by atoms with Crippen molar-refractivity contribution < 1.29 is 17.6 Å². The third kappa shape index (κ3) is 7.45. The van der Waals surface area contributed by atoms with Gasteiger partial charge in [0.15, 0.2) is 0 Å². The summed E-state index contributed by atoms with van der Waals surface area (Å²) in [6, 6.07) is 22.3. The van der Waals surface area contributed by atoms with E-state index in [-0.39, 0.29) is 23.8 Å². The first kappa shape index (κ1) is 26.5. The van der Waals surface area contributed by atoms with Crippen molar-refractivity contribution in [2.45, 2.75) is 24.5 Å². The van der Waals surface area contributed by atoms with Gasteiger partial charge in [0.25, 0.3) is 0 Å². The number of rotatable bonds is 9. The van der Waals surface area contributed by atoms with Crippen LogP contribution in [0.1, 0.15) is 16.7 Å². The highest BCUT2D eigenvalue weighted by molar-refractivity contribution is 9.10. The van der Waals surface area contributed by atoms with Crippen molar-refractivity contribution in [1.82, 2.24) is 14.6 Å². The quantitative estimate of drug-likeness (QED) is 0.265. The van der Waals surface area contributed by atoms with Crippen LogP contribution in [0.5, 0.6) is 0 Å². The minimum absolute atomic E-state index is 0.0656. The van der Waals surface area contributed by atoms with Crippen LogP contribution in [0.3, 0.4) is 0 Å². The van der Waals surface area contributed by atoms with Crippen molar-refractivity contribution >= 4 is 37.7 Å². The van der Waals surface area contributed by atoms with Gasteiger partial charge in [0, 0.05) is 42.2 Å². The zero-order valence-electron chi connectivity index (χ0n) is 19.6. The van der Waals surface area contributed by atoms with Crippen LogP contribution in [0.25, 0.3) is 0 Å². The van der Waals surface area contributed by atoms with E-state index in [2.05, 4.69) is 31.5 Å². The first-order chi connectivity index (χ1) is 17.8. The Hall–Kier alpha value is -3.60. The summed E-state index contributed by atoms with van der Waals surface area (Å²) in [6.45, 7) is 0.524. The largest absolute Gasteiger partial charge is 0.334 e. The summed E-state index contributed by atoms with van der Waals surface area (Å²) < 4.78 is 42.8. The van der Waals surface area contributed by atoms with Crippen LogP contribution >= 0.6 is 15.9 Å². The Kier molecular flexibility index (Phi) is 8.65. The van der Waals surface area contributed by atoms with Gasteiger partial charge in [-0.15, -0.1) is 0 Å². The van der Waals surface area contributed by atoms with Gasteiger partial charge in [0.2, 0.25) is 10.0 Å². The predicted molar refractivity (Wildman–Crippen MR) is 144 cm³/mol. The van der Waals surface area contributed by atoms with Gasteiger partial charge in [0.05, 0.1) is 4.90 Å². The zero-order valence-corrected chi connectivity index (χ0v) is 22.0. The van der Waals surface area contributed by atoms with Crippen LogP contribution in [0.2, 0.25) is 0 Å². The molecular formula is C27H24BrFN4O3S. The van der Waals surface area contributed by atoms with Crippen LogP contribution in [0.4, 0.5) is 14.9 Å². The number of halogens is 2. The number of sulfonamides is 1. The molecule has 190 valence electrons. The van der Waals surface area contributed by atoms with Crippen molar-refractivity contribution in [2.75, 3.05) is 5.32 Å². The molecule has 10 heteroatoms. The average molecular weight is 583 g/mol. The maximum atomic E-state index is 13.6. The number of urea groups is 1. The smallest absolute Gasteiger partial charge is 0.319 e. The third-order valence-corrected chi connectivity index (χ3v) is 7.83. The van der Waals surface area contributed by atoms with E-state index in [9.17, 15) is 17.6 Å². The van der Waals surface area contributed by atoms with Gasteiger partial charge in [-0.05, 0) is 77.4 Å². The molecule has 0 atom stereocenters. The van der Waals surface area contributed by atoms with Crippen LogP contribution < -0.4 is 10.6 Å². The Morgan fingerprint density at radius 3 is 1.97 bits per heavy atom. The first-order valence-corrected chi connectivity index (χ1v) is 13.6. The fraction of sp³-hybridized carbons (Fsp3) is 0.111. The maximum Gasteiger partial charge on any atom is 0.319 e. The molecule has 4 aromatic rings. The number of nitrogens with one attached hydrogen (secondary N) is 2. The number of carbonyl (C=O) groups excluding carboxylic acids is 1. The maximum absolute atomic E-state index is 13.6. The molecule has 0 aliphatic carbocycles. The Bertz CT molecular complexity index is 1390. The second-order valence-corrected chi connectivity index (χ2v) is 11.1. The zero-order chi connectivity index (χ0) is 26.3. The van der Waals surface area contributed by atoms with Crippen molar-refractivity contribution in [2.24, 2.45) is 0 Å². The summed E-state index contributed by atoms with van der Waals surface area (Å²) in [5.41, 5.74) is 2.81. The van der Waals surface area contributed by atoms with Crippen molar-refractivity contribution in [3.63, 3.8) is 0 Å². The summed E-state index contributed by atoms with van der Waals surface area (Å²) in [4.78, 5) is 16.3. The van der Waals surface area contributed by atoms with Crippen LogP contribution in [-0.2, 0) is 29.7 Å². The van der Waals surface area contributed by atoms with Gasteiger partial charge < -0.3 is 10.6 Å². The van der Waals surface area contributed by atoms with Crippen LogP contribution in [-0.4, -0.2) is 23.7 Å². The lowest BCUT2D eigenvalue weighted by molar-refractivity contribution is 0.251. The molecule has 0 aliphatic heterocycles. The fourth-order valence-electron chi connectivity index (χ4n) is 3.53. The number of amides is 2. The minimum Gasteiger partial charge on any atom is -0.334 e. The molecule has 3 aromatic carbocycles. The van der Waals surface area contributed by atoms with Crippen LogP contribution in [0.15, 0.2) is 107 Å². The highest BCUT2D eigenvalue weighted by atomic mass is 79.9. The highest BCUT2D eigenvalue weighted by Gasteiger charge is 2.25. The number of hydrogen-bond acceptors (Lipinski definition) is 4. The number of carbonyl (C=O) groups is 1. The molecule has 0 aliphatic rings. The van der Waals surface area contributed by atoms with Crippen molar-refractivity contribution in [3.05, 3.63) is 124 Å². The Morgan fingerprint density at radius 1 is 0.811 bits per heavy atom. The van der Waals surface area contributed by atoms with E-state index in [0.717, 1.165) is 15.6 Å². The normalized spacial score (nSPS) is 11.3. The lowest BCUT2D eigenvalue weighted by Gasteiger charge is -2.23. The molecule has 0 saturated heterocycles. The molecule has 7 nitrogen and oxygen atoms in total. The van der Waals surface area contributed by atoms with E-state index < -0.39 is 16.1 Å². The van der Waals surface area contributed by atoms with E-state index in [4.69, 9.17) is 0 Å². The number of benzene rings is 3. The number of anilines is 1. The van der Waals surface area contributed by atoms with Gasteiger partial charge >= 0.3 is 6.03 Å². The molecular weight excluding hydrogens is 559 g/mol. The number of pyridine rings is 1. The molecule has 0 fully saturated rings. The molecule has 0 bridgehead atoms. The topological polar surface area (TPSA) is 91.4 Å². The second kappa shape index (κ2) is 12.1. The monoisotopic (exact) mass is 582 g/mol. The van der Waals surface area contributed by atoms with E-state index >= 15 is 0 Å². The standard InChI is InChI=1S/C27H24BrFN4O3S/c28-23-5-1-21(2-6-23)18-33(19-22-3-7-24(29)8-4-22)37(35,36)26-11-9-25(10-12-26)32-27(34)31-17-20-13-15-30-16-14-20/h1-16H,17-19H2,(H2,31,32,34). The van der Waals surface area contributed by atoms with Gasteiger partial charge in [-0.1, -0.05) is 40.2 Å². The Labute approximate surface area is 223 Å². The van der Waals surface area contributed by atoms with E-state index in [1.54, 1.807) is 36.7 Å². The highest BCUT2D eigenvalue weighted by Crippen LogP contribution is 2.23. The SMILES string of the molecule is O=C(NCc1ccncc1)Nc1ccc(S(=O)(=O)N(Cc2ccc(F)cc2)Cc2ccc(Br)cc2)cc1. The first-order valence-electron chi connectivity index (χ1n) is 11.3. The number of aromatic nitrogens is 1. The van der Waals surface area contributed by atoms with Crippen molar-refractivity contribution in [3.8, 4) is 0 Å². The average Bonchev–Trinajstić information content (AvgIpc) is 2.90. The van der Waals surface area contributed by atoms with Gasteiger partial charge in [-0.3, -0.25) is 4.98 Å². The minimum atomic E-state index is -3.92. The van der Waals surface area contributed by atoms with Gasteiger partial charge in [-0.25, -0.2) is 17.6 Å². The molecule has 1 aromatic heterocycles. The summed E-state index contributed by atoms with van der Waals surface area (Å²) in [5.74, 6) is -0.390. The van der Waals surface area contributed by atoms with E-state index in [1.807, 2.05) is 24.3 Å². The lowest BCUT2D eigenvalue weighted by Crippen LogP contribution is -2.30. The van der Waals surface area contributed by atoms with Crippen molar-refractivity contribution in [1.29, 1.82) is 0 Å². The summed E-state index contributed by atoms with van der Waals surface area (Å²) in [5, 5.41) is 5.43. The van der Waals surface area contributed by atoms with E-state index in [1.165, 1.54) is 40.7 Å². The van der Waals surface area contributed by atoms with E-state index in [0.29, 0.717) is 17.8 Å². The molecule has 2 N–H and O–H groups in total. The molecule has 4 rings (SSSR count). The second-order valence-electron chi connectivity index (χ2n) is 8.21. The molecule has 0 radical (unpaired) electrons. The summed E-state index contributed by atoms with van der Waals surface area (Å²) >= 11 is 3.39. The number of hydrogen-bond donors (Lipinski definition) is 2.